The molecule has 0 aliphatic heterocycles. The van der Waals surface area contributed by atoms with Gasteiger partial charge in [0.15, 0.2) is 0 Å². The summed E-state index contributed by atoms with van der Waals surface area (Å²) in [5.41, 5.74) is -4.68. The highest BCUT2D eigenvalue weighted by atomic mass is 35.5. The third-order valence-electron chi connectivity index (χ3n) is 10.8. The maximum absolute atomic E-state index is 14.6. The van der Waals surface area contributed by atoms with Gasteiger partial charge in [-0.2, -0.15) is 26.3 Å². The van der Waals surface area contributed by atoms with Gasteiger partial charge in [-0.1, -0.05) is 46.4 Å². The van der Waals surface area contributed by atoms with E-state index in [2.05, 4.69) is 35.6 Å². The zero-order chi connectivity index (χ0) is 49.8. The fraction of sp³-hybridized carbons (Fsp3) is 0.370. The zero-order valence-corrected chi connectivity index (χ0v) is 39.3. The average Bonchev–Trinajstić information content (AvgIpc) is 4.02. The SMILES string of the molecule is Cc1cc(C[C@](NC(=O)NC2CCCC2)(c2cc(F)cc(C(F)(F)F)c2)c2ccc(Cl)cn2)on1.Cc1cc(C[C@](N[S@@](=O)C(C)(C)C)(c2cc(F)cc(C(F)(F)F)c2)c2ccc(Cl)cn2)on1. The van der Waals surface area contributed by atoms with Gasteiger partial charge in [0.2, 0.25) is 0 Å². The summed E-state index contributed by atoms with van der Waals surface area (Å²) in [7, 11) is -1.80. The Morgan fingerprint density at radius 1 is 0.676 bits per heavy atom. The van der Waals surface area contributed by atoms with Crippen LogP contribution in [0.2, 0.25) is 10.0 Å². The van der Waals surface area contributed by atoms with Gasteiger partial charge in [0.25, 0.3) is 0 Å². The quantitative estimate of drug-likeness (QED) is 0.103. The number of aryl methyl sites for hydroxylation is 2. The molecular formula is C46H45Cl2F8N7O4S. The van der Waals surface area contributed by atoms with Gasteiger partial charge in [0.05, 0.1) is 59.7 Å². The van der Waals surface area contributed by atoms with Crippen molar-refractivity contribution in [1.29, 1.82) is 0 Å². The van der Waals surface area contributed by atoms with Gasteiger partial charge in [0, 0.05) is 43.4 Å². The van der Waals surface area contributed by atoms with Crippen LogP contribution in [0.15, 0.2) is 94.2 Å². The smallest absolute Gasteiger partial charge is 0.361 e. The van der Waals surface area contributed by atoms with Crippen LogP contribution in [-0.2, 0) is 47.3 Å². The van der Waals surface area contributed by atoms with Crippen molar-refractivity contribution in [3.63, 3.8) is 0 Å². The molecule has 3 N–H and O–H groups in total. The fourth-order valence-corrected chi connectivity index (χ4v) is 8.72. The number of benzene rings is 2. The van der Waals surface area contributed by atoms with Crippen molar-refractivity contribution in [2.45, 2.75) is 107 Å². The minimum Gasteiger partial charge on any atom is -0.361 e. The summed E-state index contributed by atoms with van der Waals surface area (Å²) in [5.74, 6) is -1.67. The molecule has 7 rings (SSSR count). The molecule has 0 saturated heterocycles. The van der Waals surface area contributed by atoms with Gasteiger partial charge in [-0.25, -0.2) is 22.5 Å². The van der Waals surface area contributed by atoms with Gasteiger partial charge < -0.3 is 19.7 Å². The van der Waals surface area contributed by atoms with Crippen LogP contribution in [0.3, 0.4) is 0 Å². The Balaban J connectivity index is 0.000000224. The maximum Gasteiger partial charge on any atom is 0.416 e. The number of hydrogen-bond donors (Lipinski definition) is 3. The number of nitrogens with one attached hydrogen (secondary N) is 3. The lowest BCUT2D eigenvalue weighted by Gasteiger charge is -2.36. The van der Waals surface area contributed by atoms with E-state index in [1.165, 1.54) is 36.7 Å². The second-order valence-electron chi connectivity index (χ2n) is 17.3. The number of pyridine rings is 2. The van der Waals surface area contributed by atoms with E-state index in [-0.39, 0.29) is 63.0 Å². The molecule has 0 radical (unpaired) electrons. The van der Waals surface area contributed by atoms with Crippen molar-refractivity contribution in [3.05, 3.63) is 163 Å². The normalized spacial score (nSPS) is 15.8. The monoisotopic (exact) mass is 1010 g/mol. The van der Waals surface area contributed by atoms with Crippen molar-refractivity contribution in [2.75, 3.05) is 0 Å². The van der Waals surface area contributed by atoms with Crippen LogP contribution in [0.5, 0.6) is 0 Å². The zero-order valence-electron chi connectivity index (χ0n) is 37.0. The second kappa shape index (κ2) is 20.7. The Morgan fingerprint density at radius 3 is 1.50 bits per heavy atom. The third kappa shape index (κ3) is 12.8. The predicted octanol–water partition coefficient (Wildman–Crippen LogP) is 11.6. The highest BCUT2D eigenvalue weighted by molar-refractivity contribution is 7.84. The number of aromatic nitrogens is 4. The molecule has 11 nitrogen and oxygen atoms in total. The van der Waals surface area contributed by atoms with Gasteiger partial charge in [-0.3, -0.25) is 9.97 Å². The summed E-state index contributed by atoms with van der Waals surface area (Å²) in [4.78, 5) is 21.7. The predicted molar refractivity (Wildman–Crippen MR) is 238 cm³/mol. The standard InChI is InChI=1S/C24H23ClF4N4O2.C22H22ClF4N3O2S/c1-14-8-20(35-33-14)12-23(21-7-6-17(25)13-30-21,32-22(34)31-19-4-2-3-5-19)15-9-16(24(27,28)29)11-18(26)10-15;1-13-7-18(32-29-13)11-21(30-33(31)20(2,3)4,19-6-5-16(23)12-28-19)14-8-15(22(25,26)27)10-17(24)9-14/h6-11,13,19H,2-5,12H2,1H3,(H2,31,32,34);5-10,12,30H,11H2,1-4H3/t23-;21-,33-/m00/s1. The van der Waals surface area contributed by atoms with Crippen molar-refractivity contribution in [2.24, 2.45) is 0 Å². The molecule has 1 saturated carbocycles. The first-order valence-corrected chi connectivity index (χ1v) is 22.8. The maximum atomic E-state index is 14.6. The average molecular weight is 1010 g/mol. The van der Waals surface area contributed by atoms with E-state index in [4.69, 9.17) is 32.2 Å². The Labute approximate surface area is 398 Å². The number of alkyl halides is 6. The van der Waals surface area contributed by atoms with Crippen molar-refractivity contribution in [3.8, 4) is 0 Å². The van der Waals surface area contributed by atoms with E-state index in [9.17, 15) is 44.1 Å². The number of amides is 2. The molecule has 68 heavy (non-hydrogen) atoms. The summed E-state index contributed by atoms with van der Waals surface area (Å²) in [6.07, 6.45) is -3.83. The topological polar surface area (TPSA) is 148 Å². The summed E-state index contributed by atoms with van der Waals surface area (Å²) in [6.45, 7) is 8.45. The molecule has 1 fully saturated rings. The van der Waals surface area contributed by atoms with Crippen molar-refractivity contribution >= 4 is 40.2 Å². The first kappa shape index (κ1) is 51.9. The largest absolute Gasteiger partial charge is 0.416 e. The van der Waals surface area contributed by atoms with Crippen LogP contribution < -0.4 is 15.4 Å². The molecule has 0 unspecified atom stereocenters. The van der Waals surface area contributed by atoms with E-state index in [0.717, 1.165) is 49.9 Å². The van der Waals surface area contributed by atoms with Crippen LogP contribution in [0.4, 0.5) is 39.9 Å². The molecule has 364 valence electrons. The molecule has 0 spiro atoms. The minimum atomic E-state index is -4.81. The molecule has 0 bridgehead atoms. The van der Waals surface area contributed by atoms with E-state index >= 15 is 0 Å². The van der Waals surface area contributed by atoms with Crippen LogP contribution in [0.25, 0.3) is 0 Å². The van der Waals surface area contributed by atoms with E-state index in [1.54, 1.807) is 46.8 Å². The van der Waals surface area contributed by atoms with Crippen LogP contribution in [0, 0.1) is 25.5 Å². The van der Waals surface area contributed by atoms with Crippen LogP contribution >= 0.6 is 23.2 Å². The van der Waals surface area contributed by atoms with E-state index < -0.39 is 68.0 Å². The molecule has 4 heterocycles. The summed E-state index contributed by atoms with van der Waals surface area (Å²) < 4.78 is 137. The summed E-state index contributed by atoms with van der Waals surface area (Å²) in [6, 6.07) is 12.8. The van der Waals surface area contributed by atoms with Crippen molar-refractivity contribution < 1.29 is 53.2 Å². The number of rotatable bonds is 12. The molecule has 1 aliphatic rings. The number of nitrogens with zero attached hydrogens (tertiary/aromatic N) is 4. The van der Waals surface area contributed by atoms with Gasteiger partial charge in [-0.05, 0) is 119 Å². The number of hydrogen-bond acceptors (Lipinski definition) is 8. The fourth-order valence-electron chi connectivity index (χ4n) is 7.58. The number of carbonyl (C=O) groups is 1. The Kier molecular flexibility index (Phi) is 15.8. The molecule has 22 heteroatoms. The third-order valence-corrected chi connectivity index (χ3v) is 12.9. The Hall–Kier alpha value is -5.44. The molecular weight excluding hydrogens is 970 g/mol. The highest BCUT2D eigenvalue weighted by Crippen LogP contribution is 2.40. The number of urea groups is 1. The summed E-state index contributed by atoms with van der Waals surface area (Å²) in [5, 5.41) is 13.9. The lowest BCUT2D eigenvalue weighted by molar-refractivity contribution is -0.138. The first-order valence-electron chi connectivity index (χ1n) is 20.9. The van der Waals surface area contributed by atoms with Gasteiger partial charge in [-0.15, -0.1) is 0 Å². The van der Waals surface area contributed by atoms with Crippen molar-refractivity contribution in [1.82, 2.24) is 35.6 Å². The number of carbonyl (C=O) groups excluding carboxylic acids is 1. The molecule has 6 aromatic rings. The highest BCUT2D eigenvalue weighted by Gasteiger charge is 2.45. The van der Waals surface area contributed by atoms with E-state index in [0.29, 0.717) is 23.5 Å². The molecule has 2 amide bonds. The van der Waals surface area contributed by atoms with Gasteiger partial charge >= 0.3 is 18.4 Å². The van der Waals surface area contributed by atoms with E-state index in [1.807, 2.05) is 0 Å². The summed E-state index contributed by atoms with van der Waals surface area (Å²) >= 11 is 12.0. The molecule has 3 atom stereocenters. The lowest BCUT2D eigenvalue weighted by Crippen LogP contribution is -2.54. The second-order valence-corrected chi connectivity index (χ2v) is 20.1. The number of halogens is 10. The molecule has 1 aliphatic carbocycles. The molecule has 4 aromatic heterocycles. The Morgan fingerprint density at radius 2 is 1.10 bits per heavy atom. The Bertz CT molecular complexity index is 2720. The van der Waals surface area contributed by atoms with Gasteiger partial charge in [0.1, 0.15) is 34.2 Å². The van der Waals surface area contributed by atoms with Crippen LogP contribution in [0.1, 0.15) is 103 Å². The molecule has 2 aromatic carbocycles. The lowest BCUT2D eigenvalue weighted by atomic mass is 9.81. The first-order chi connectivity index (χ1) is 31.8. The minimum absolute atomic E-state index is 0.0725. The van der Waals surface area contributed by atoms with Crippen LogP contribution in [-0.4, -0.2) is 41.3 Å².